The number of pyridine rings is 1. The van der Waals surface area contributed by atoms with Gasteiger partial charge in [-0.3, -0.25) is 14.6 Å². The Bertz CT molecular complexity index is 1040. The van der Waals surface area contributed by atoms with Gasteiger partial charge in [-0.05, 0) is 36.8 Å². The standard InChI is InChI=1S/C23H26F2N4O4/c24-17-9-16(17)23(32)28-15-3-5-27-19(8-15)13-1-2-20(14(7-13)10-26)33-21-4-6-29(11-18(21)25)22(31)12-30/h1-3,5,7-8,16-18,21,30H,4,6,9-12,26H2,(H,27,28,32)/t16?,17-,18+,21-/m0/s1. The van der Waals surface area contributed by atoms with Crippen LogP contribution in [0.3, 0.4) is 0 Å². The predicted molar refractivity (Wildman–Crippen MR) is 117 cm³/mol. The van der Waals surface area contributed by atoms with Gasteiger partial charge in [0, 0.05) is 42.5 Å². The molecule has 1 saturated heterocycles. The summed E-state index contributed by atoms with van der Waals surface area (Å²) < 4.78 is 33.6. The monoisotopic (exact) mass is 460 g/mol. The molecule has 8 nitrogen and oxygen atoms in total. The molecule has 0 spiro atoms. The number of aliphatic hydroxyl groups is 1. The number of hydrogen-bond acceptors (Lipinski definition) is 6. The quantitative estimate of drug-likeness (QED) is 0.580. The molecule has 0 radical (unpaired) electrons. The fourth-order valence-corrected chi connectivity index (χ4v) is 3.86. The summed E-state index contributed by atoms with van der Waals surface area (Å²) in [6, 6.07) is 8.57. The van der Waals surface area contributed by atoms with Crippen molar-refractivity contribution >= 4 is 17.5 Å². The first-order chi connectivity index (χ1) is 15.9. The molecule has 10 heteroatoms. The summed E-state index contributed by atoms with van der Waals surface area (Å²) in [6.45, 7) is -0.329. The number of rotatable bonds is 7. The number of carbonyl (C=O) groups excluding carboxylic acids is 2. The molecule has 1 saturated carbocycles. The molecule has 2 heterocycles. The molecule has 176 valence electrons. The van der Waals surface area contributed by atoms with Crippen molar-refractivity contribution in [3.8, 4) is 17.0 Å². The normalized spacial score (nSPS) is 24.3. The van der Waals surface area contributed by atoms with E-state index in [2.05, 4.69) is 10.3 Å². The molecule has 1 aromatic carbocycles. The molecule has 1 aromatic heterocycles. The third-order valence-corrected chi connectivity index (χ3v) is 5.90. The average molecular weight is 460 g/mol. The number of likely N-dealkylation sites (tertiary alicyclic amines) is 1. The molecule has 1 unspecified atom stereocenters. The van der Waals surface area contributed by atoms with Crippen LogP contribution < -0.4 is 15.8 Å². The second kappa shape index (κ2) is 9.80. The number of benzene rings is 1. The number of nitrogens with one attached hydrogen (secondary N) is 1. The summed E-state index contributed by atoms with van der Waals surface area (Å²) in [7, 11) is 0. The van der Waals surface area contributed by atoms with Crippen molar-refractivity contribution in [2.45, 2.75) is 37.8 Å². The zero-order chi connectivity index (χ0) is 23.5. The van der Waals surface area contributed by atoms with Crippen LogP contribution in [0.25, 0.3) is 11.3 Å². The van der Waals surface area contributed by atoms with Gasteiger partial charge in [-0.25, -0.2) is 8.78 Å². The first kappa shape index (κ1) is 23.1. The van der Waals surface area contributed by atoms with E-state index < -0.39 is 36.9 Å². The van der Waals surface area contributed by atoms with Crippen LogP contribution in [0.5, 0.6) is 5.75 Å². The van der Waals surface area contributed by atoms with E-state index in [1.165, 1.54) is 4.90 Å². The van der Waals surface area contributed by atoms with Crippen molar-refractivity contribution in [3.63, 3.8) is 0 Å². The van der Waals surface area contributed by atoms with Gasteiger partial charge in [0.05, 0.1) is 18.2 Å². The Labute approximate surface area is 189 Å². The molecule has 4 rings (SSSR count). The Morgan fingerprint density at radius 1 is 1.24 bits per heavy atom. The number of alkyl halides is 2. The lowest BCUT2D eigenvalue weighted by molar-refractivity contribution is -0.138. The number of amides is 2. The van der Waals surface area contributed by atoms with Gasteiger partial charge in [-0.1, -0.05) is 0 Å². The van der Waals surface area contributed by atoms with E-state index >= 15 is 0 Å². The summed E-state index contributed by atoms with van der Waals surface area (Å²) in [5.41, 5.74) is 8.39. The fourth-order valence-electron chi connectivity index (χ4n) is 3.86. The van der Waals surface area contributed by atoms with E-state index in [9.17, 15) is 18.4 Å². The maximum atomic E-state index is 14.6. The molecule has 33 heavy (non-hydrogen) atoms. The fraction of sp³-hybridized carbons (Fsp3) is 0.435. The Balaban J connectivity index is 1.46. The van der Waals surface area contributed by atoms with E-state index in [1.807, 2.05) is 0 Å². The van der Waals surface area contributed by atoms with E-state index in [4.69, 9.17) is 15.6 Å². The number of hydrogen-bond donors (Lipinski definition) is 3. The molecule has 2 fully saturated rings. The Morgan fingerprint density at radius 3 is 2.70 bits per heavy atom. The summed E-state index contributed by atoms with van der Waals surface area (Å²) in [4.78, 5) is 29.2. The van der Waals surface area contributed by atoms with Crippen LogP contribution >= 0.6 is 0 Å². The number of anilines is 1. The lowest BCUT2D eigenvalue weighted by Crippen LogP contribution is -2.50. The van der Waals surface area contributed by atoms with Crippen molar-refractivity contribution in [1.29, 1.82) is 0 Å². The van der Waals surface area contributed by atoms with Gasteiger partial charge >= 0.3 is 0 Å². The van der Waals surface area contributed by atoms with E-state index in [1.54, 1.807) is 36.5 Å². The number of nitrogens with zero attached hydrogens (tertiary/aromatic N) is 2. The molecule has 4 N–H and O–H groups in total. The lowest BCUT2D eigenvalue weighted by Gasteiger charge is -2.34. The molecule has 2 aliphatic rings. The minimum atomic E-state index is -1.39. The van der Waals surface area contributed by atoms with Crippen LogP contribution in [0.1, 0.15) is 18.4 Å². The highest BCUT2D eigenvalue weighted by atomic mass is 19.1. The molecule has 2 aromatic rings. The van der Waals surface area contributed by atoms with Crippen LogP contribution in [0.4, 0.5) is 14.5 Å². The van der Waals surface area contributed by atoms with Crippen molar-refractivity contribution in [3.05, 3.63) is 42.1 Å². The highest BCUT2D eigenvalue weighted by Gasteiger charge is 2.43. The first-order valence-electron chi connectivity index (χ1n) is 10.8. The van der Waals surface area contributed by atoms with E-state index in [-0.39, 0.29) is 25.4 Å². The van der Waals surface area contributed by atoms with E-state index in [0.29, 0.717) is 35.7 Å². The van der Waals surface area contributed by atoms with Gasteiger partial charge in [0.15, 0.2) is 6.17 Å². The number of nitrogens with two attached hydrogens (primary N) is 1. The minimum absolute atomic E-state index is 0.132. The number of ether oxygens (including phenoxy) is 1. The smallest absolute Gasteiger partial charge is 0.248 e. The summed E-state index contributed by atoms with van der Waals surface area (Å²) in [5, 5.41) is 11.7. The van der Waals surface area contributed by atoms with Crippen molar-refractivity contribution in [2.75, 3.05) is 25.0 Å². The van der Waals surface area contributed by atoms with Gasteiger partial charge in [0.2, 0.25) is 11.8 Å². The predicted octanol–water partition coefficient (Wildman–Crippen LogP) is 1.81. The van der Waals surface area contributed by atoms with Gasteiger partial charge < -0.3 is 25.8 Å². The van der Waals surface area contributed by atoms with Crippen LogP contribution in [0.2, 0.25) is 0 Å². The number of halogens is 2. The van der Waals surface area contributed by atoms with Crippen molar-refractivity contribution in [2.24, 2.45) is 11.7 Å². The van der Waals surface area contributed by atoms with Gasteiger partial charge in [-0.15, -0.1) is 0 Å². The van der Waals surface area contributed by atoms with Crippen molar-refractivity contribution < 1.29 is 28.2 Å². The Morgan fingerprint density at radius 2 is 2.03 bits per heavy atom. The number of aromatic nitrogens is 1. The van der Waals surface area contributed by atoms with Crippen molar-refractivity contribution in [1.82, 2.24) is 9.88 Å². The van der Waals surface area contributed by atoms with Crippen LogP contribution in [0.15, 0.2) is 36.5 Å². The topological polar surface area (TPSA) is 118 Å². The second-order valence-electron chi connectivity index (χ2n) is 8.26. The lowest BCUT2D eigenvalue weighted by atomic mass is 10.0. The molecular weight excluding hydrogens is 434 g/mol. The third-order valence-electron chi connectivity index (χ3n) is 5.90. The largest absolute Gasteiger partial charge is 0.487 e. The minimum Gasteiger partial charge on any atom is -0.487 e. The second-order valence-corrected chi connectivity index (χ2v) is 8.26. The zero-order valence-corrected chi connectivity index (χ0v) is 17.9. The van der Waals surface area contributed by atoms with Crippen LogP contribution in [0, 0.1) is 5.92 Å². The molecule has 4 atom stereocenters. The highest BCUT2D eigenvalue weighted by molar-refractivity contribution is 5.95. The molecule has 1 aliphatic heterocycles. The summed E-state index contributed by atoms with van der Waals surface area (Å²) in [6.07, 6.45) is -1.10. The molecular formula is C23H26F2N4O4. The summed E-state index contributed by atoms with van der Waals surface area (Å²) >= 11 is 0. The van der Waals surface area contributed by atoms with Gasteiger partial charge in [0.25, 0.3) is 0 Å². The van der Waals surface area contributed by atoms with Crippen LogP contribution in [-0.2, 0) is 16.1 Å². The molecule has 1 aliphatic carbocycles. The van der Waals surface area contributed by atoms with Gasteiger partial charge in [-0.2, -0.15) is 0 Å². The van der Waals surface area contributed by atoms with Crippen LogP contribution in [-0.4, -0.2) is 64.9 Å². The SMILES string of the molecule is NCc1cc(-c2cc(NC(=O)C3C[C@@H]3F)ccn2)ccc1O[C@H]1CCN(C(=O)CO)C[C@H]1F. The Hall–Kier alpha value is -3.11. The molecule has 2 amide bonds. The van der Waals surface area contributed by atoms with Gasteiger partial charge in [0.1, 0.15) is 24.6 Å². The Kier molecular flexibility index (Phi) is 6.85. The summed E-state index contributed by atoms with van der Waals surface area (Å²) in [5.74, 6) is -0.993. The third kappa shape index (κ3) is 5.28. The first-order valence-corrected chi connectivity index (χ1v) is 10.8. The number of piperidine rings is 1. The zero-order valence-electron chi connectivity index (χ0n) is 17.9. The average Bonchev–Trinajstić information content (AvgIpc) is 3.57. The maximum Gasteiger partial charge on any atom is 0.248 e. The number of carbonyl (C=O) groups is 2. The molecule has 0 bridgehead atoms. The van der Waals surface area contributed by atoms with E-state index in [0.717, 1.165) is 5.56 Å². The number of aliphatic hydroxyl groups excluding tert-OH is 1. The maximum absolute atomic E-state index is 14.6. The highest BCUT2D eigenvalue weighted by Crippen LogP contribution is 2.35.